The average Bonchev–Trinajstić information content (AvgIpc) is 2.49. The molecule has 0 atom stereocenters. The molecule has 1 N–H and O–H groups in total. The van der Waals surface area contributed by atoms with Crippen LogP contribution in [0, 0.1) is 11.3 Å². The number of aromatic nitrogens is 2. The van der Waals surface area contributed by atoms with Gasteiger partial charge in [-0.2, -0.15) is 15.5 Å². The molecule has 20 heavy (non-hydrogen) atoms. The minimum Gasteiger partial charge on any atom is -0.508 e. The number of nitriles is 1. The molecular weight excluding hydrogens is 250 g/mol. The molecule has 0 saturated carbocycles. The third-order valence-electron chi connectivity index (χ3n) is 3.16. The molecule has 3 aromatic rings. The summed E-state index contributed by atoms with van der Waals surface area (Å²) in [7, 11) is 0. The van der Waals surface area contributed by atoms with E-state index in [2.05, 4.69) is 16.3 Å². The van der Waals surface area contributed by atoms with Crippen molar-refractivity contribution in [3.8, 4) is 11.8 Å². The van der Waals surface area contributed by atoms with E-state index in [1.54, 1.807) is 12.1 Å². The van der Waals surface area contributed by atoms with Crippen molar-refractivity contribution >= 4 is 10.9 Å². The highest BCUT2D eigenvalue weighted by atomic mass is 16.3. The van der Waals surface area contributed by atoms with Crippen LogP contribution in [0.2, 0.25) is 0 Å². The van der Waals surface area contributed by atoms with Crippen LogP contribution in [0.4, 0.5) is 0 Å². The summed E-state index contributed by atoms with van der Waals surface area (Å²) in [5, 5.41) is 27.8. The van der Waals surface area contributed by atoms with Gasteiger partial charge in [0.1, 0.15) is 11.8 Å². The Balaban J connectivity index is 2.08. The quantitative estimate of drug-likeness (QED) is 0.770. The van der Waals surface area contributed by atoms with Crippen LogP contribution in [0.5, 0.6) is 5.75 Å². The SMILES string of the molecule is N#Cc1c(Cc2ccc(O)cc2)nnc2ccccc12. The molecule has 0 aliphatic heterocycles. The predicted molar refractivity (Wildman–Crippen MR) is 75.2 cm³/mol. The first-order valence-corrected chi connectivity index (χ1v) is 6.20. The van der Waals surface area contributed by atoms with Crippen molar-refractivity contribution in [3.05, 3.63) is 65.4 Å². The van der Waals surface area contributed by atoms with Crippen LogP contribution in [0.3, 0.4) is 0 Å². The van der Waals surface area contributed by atoms with E-state index in [-0.39, 0.29) is 5.75 Å². The Hall–Kier alpha value is -2.93. The second kappa shape index (κ2) is 4.98. The number of hydrogen-bond donors (Lipinski definition) is 1. The van der Waals surface area contributed by atoms with Gasteiger partial charge in [-0.1, -0.05) is 30.3 Å². The summed E-state index contributed by atoms with van der Waals surface area (Å²) in [4.78, 5) is 0. The van der Waals surface area contributed by atoms with Crippen molar-refractivity contribution in [1.29, 1.82) is 5.26 Å². The molecule has 96 valence electrons. The Labute approximate surface area is 115 Å². The lowest BCUT2D eigenvalue weighted by atomic mass is 10.0. The summed E-state index contributed by atoms with van der Waals surface area (Å²) >= 11 is 0. The lowest BCUT2D eigenvalue weighted by Crippen LogP contribution is -2.00. The lowest BCUT2D eigenvalue weighted by Gasteiger charge is -2.05. The zero-order valence-electron chi connectivity index (χ0n) is 10.6. The van der Waals surface area contributed by atoms with Gasteiger partial charge in [0.15, 0.2) is 0 Å². The third-order valence-corrected chi connectivity index (χ3v) is 3.16. The maximum Gasteiger partial charge on any atom is 0.115 e. The highest BCUT2D eigenvalue weighted by Gasteiger charge is 2.10. The van der Waals surface area contributed by atoms with Gasteiger partial charge in [0.25, 0.3) is 0 Å². The normalized spacial score (nSPS) is 10.3. The number of phenolic OH excluding ortho intramolecular Hbond substituents is 1. The van der Waals surface area contributed by atoms with Crippen molar-refractivity contribution in [1.82, 2.24) is 10.2 Å². The first kappa shape index (κ1) is 12.1. The number of phenols is 1. The van der Waals surface area contributed by atoms with Crippen molar-refractivity contribution in [3.63, 3.8) is 0 Å². The number of benzene rings is 2. The fraction of sp³-hybridized carbons (Fsp3) is 0.0625. The zero-order valence-corrected chi connectivity index (χ0v) is 10.6. The van der Waals surface area contributed by atoms with E-state index in [9.17, 15) is 10.4 Å². The Morgan fingerprint density at radius 2 is 1.75 bits per heavy atom. The average molecular weight is 261 g/mol. The number of aromatic hydroxyl groups is 1. The van der Waals surface area contributed by atoms with Crippen molar-refractivity contribution in [2.45, 2.75) is 6.42 Å². The Kier molecular flexibility index (Phi) is 3.02. The van der Waals surface area contributed by atoms with Gasteiger partial charge in [-0.15, -0.1) is 0 Å². The molecule has 1 heterocycles. The van der Waals surface area contributed by atoms with Crippen LogP contribution in [0.1, 0.15) is 16.8 Å². The molecule has 0 aliphatic carbocycles. The Morgan fingerprint density at radius 3 is 2.50 bits per heavy atom. The largest absolute Gasteiger partial charge is 0.508 e. The van der Waals surface area contributed by atoms with Gasteiger partial charge < -0.3 is 5.11 Å². The molecule has 0 radical (unpaired) electrons. The molecule has 3 rings (SSSR count). The standard InChI is InChI=1S/C16H11N3O/c17-10-14-13-3-1-2-4-15(13)18-19-16(14)9-11-5-7-12(20)8-6-11/h1-8,20H,9H2. The van der Waals surface area contributed by atoms with Crippen LogP contribution in [-0.2, 0) is 6.42 Å². The summed E-state index contributed by atoms with van der Waals surface area (Å²) in [6.45, 7) is 0. The van der Waals surface area contributed by atoms with Crippen LogP contribution < -0.4 is 0 Å². The van der Waals surface area contributed by atoms with E-state index in [1.165, 1.54) is 0 Å². The second-order valence-corrected chi connectivity index (χ2v) is 4.49. The van der Waals surface area contributed by atoms with Gasteiger partial charge in [-0.05, 0) is 23.8 Å². The molecule has 0 spiro atoms. The number of fused-ring (bicyclic) bond motifs is 1. The van der Waals surface area contributed by atoms with E-state index >= 15 is 0 Å². The molecule has 0 fully saturated rings. The number of rotatable bonds is 2. The van der Waals surface area contributed by atoms with E-state index in [4.69, 9.17) is 0 Å². The highest BCUT2D eigenvalue weighted by Crippen LogP contribution is 2.20. The van der Waals surface area contributed by atoms with Crippen molar-refractivity contribution in [2.24, 2.45) is 0 Å². The van der Waals surface area contributed by atoms with Crippen LogP contribution in [-0.4, -0.2) is 15.3 Å². The lowest BCUT2D eigenvalue weighted by molar-refractivity contribution is 0.475. The molecule has 4 heteroatoms. The fourth-order valence-electron chi connectivity index (χ4n) is 2.15. The first-order valence-electron chi connectivity index (χ1n) is 6.20. The second-order valence-electron chi connectivity index (χ2n) is 4.49. The van der Waals surface area contributed by atoms with E-state index in [0.29, 0.717) is 17.7 Å². The molecular formula is C16H11N3O. The summed E-state index contributed by atoms with van der Waals surface area (Å²) < 4.78 is 0. The summed E-state index contributed by atoms with van der Waals surface area (Å²) in [5.41, 5.74) is 2.91. The van der Waals surface area contributed by atoms with Gasteiger partial charge in [-0.3, -0.25) is 0 Å². The van der Waals surface area contributed by atoms with Gasteiger partial charge in [0.2, 0.25) is 0 Å². The molecule has 4 nitrogen and oxygen atoms in total. The fourth-order valence-corrected chi connectivity index (χ4v) is 2.15. The molecule has 2 aromatic carbocycles. The minimum absolute atomic E-state index is 0.221. The maximum absolute atomic E-state index is 9.38. The summed E-state index contributed by atoms with van der Waals surface area (Å²) in [6.07, 6.45) is 0.515. The van der Waals surface area contributed by atoms with Crippen molar-refractivity contribution < 1.29 is 5.11 Å². The number of nitrogens with zero attached hydrogens (tertiary/aromatic N) is 3. The monoisotopic (exact) mass is 261 g/mol. The van der Waals surface area contributed by atoms with Gasteiger partial charge in [0.05, 0.1) is 16.8 Å². The molecule has 0 amide bonds. The topological polar surface area (TPSA) is 69.8 Å². The molecule has 0 aliphatic rings. The highest BCUT2D eigenvalue weighted by molar-refractivity contribution is 5.84. The van der Waals surface area contributed by atoms with Crippen LogP contribution in [0.25, 0.3) is 10.9 Å². The van der Waals surface area contributed by atoms with E-state index < -0.39 is 0 Å². The zero-order chi connectivity index (χ0) is 13.9. The van der Waals surface area contributed by atoms with Crippen molar-refractivity contribution in [2.75, 3.05) is 0 Å². The molecule has 0 unspecified atom stereocenters. The Morgan fingerprint density at radius 1 is 1.00 bits per heavy atom. The van der Waals surface area contributed by atoms with Gasteiger partial charge in [0, 0.05) is 11.8 Å². The number of hydrogen-bond acceptors (Lipinski definition) is 4. The minimum atomic E-state index is 0.221. The molecule has 0 bridgehead atoms. The van der Waals surface area contributed by atoms with Gasteiger partial charge in [-0.25, -0.2) is 0 Å². The van der Waals surface area contributed by atoms with E-state index in [0.717, 1.165) is 16.5 Å². The smallest absolute Gasteiger partial charge is 0.115 e. The maximum atomic E-state index is 9.38. The van der Waals surface area contributed by atoms with Crippen LogP contribution >= 0.6 is 0 Å². The molecule has 1 aromatic heterocycles. The van der Waals surface area contributed by atoms with E-state index in [1.807, 2.05) is 36.4 Å². The predicted octanol–water partition coefficient (Wildman–Crippen LogP) is 2.80. The molecule has 0 saturated heterocycles. The Bertz CT molecular complexity index is 804. The summed E-state index contributed by atoms with van der Waals surface area (Å²) in [5.74, 6) is 0.221. The first-order chi connectivity index (χ1) is 9.78. The van der Waals surface area contributed by atoms with Crippen LogP contribution in [0.15, 0.2) is 48.5 Å². The van der Waals surface area contributed by atoms with Gasteiger partial charge >= 0.3 is 0 Å². The third kappa shape index (κ3) is 2.17. The summed E-state index contributed by atoms with van der Waals surface area (Å²) in [6, 6.07) is 16.6.